The SMILES string of the molecule is CCOC(=O)[C@@H]1[C@@H](C(C)(C)C)[C@H]([N+](=O)[O-])[C@H](c2cccnc2N(C)C)N1C(=O)OC(C)C. The van der Waals surface area contributed by atoms with Gasteiger partial charge in [-0.2, -0.15) is 0 Å². The van der Waals surface area contributed by atoms with E-state index >= 15 is 0 Å². The van der Waals surface area contributed by atoms with Crippen molar-refractivity contribution in [1.82, 2.24) is 9.88 Å². The molecule has 1 amide bonds. The van der Waals surface area contributed by atoms with Crippen LogP contribution in [0.2, 0.25) is 0 Å². The normalized spacial score (nSPS) is 23.2. The zero-order chi connectivity index (χ0) is 24.4. The molecule has 0 N–H and O–H groups in total. The van der Waals surface area contributed by atoms with E-state index in [1.807, 2.05) is 20.8 Å². The lowest BCUT2D eigenvalue weighted by atomic mass is 9.73. The van der Waals surface area contributed by atoms with Crippen LogP contribution in [0.1, 0.15) is 53.1 Å². The van der Waals surface area contributed by atoms with Gasteiger partial charge in [0.1, 0.15) is 17.9 Å². The Bertz CT molecular complexity index is 851. The molecule has 1 fully saturated rings. The van der Waals surface area contributed by atoms with E-state index in [2.05, 4.69) is 4.98 Å². The summed E-state index contributed by atoms with van der Waals surface area (Å²) in [7, 11) is 3.53. The number of nitro groups is 1. The van der Waals surface area contributed by atoms with Crippen LogP contribution in [0, 0.1) is 21.4 Å². The highest BCUT2D eigenvalue weighted by molar-refractivity contribution is 5.84. The lowest BCUT2D eigenvalue weighted by molar-refractivity contribution is -0.536. The monoisotopic (exact) mass is 450 g/mol. The van der Waals surface area contributed by atoms with E-state index in [4.69, 9.17) is 9.47 Å². The third-order valence-corrected chi connectivity index (χ3v) is 5.51. The highest BCUT2D eigenvalue weighted by Crippen LogP contribution is 2.50. The number of carbonyl (C=O) groups is 2. The molecule has 0 unspecified atom stereocenters. The molecule has 4 atom stereocenters. The molecule has 10 heteroatoms. The molecule has 178 valence electrons. The van der Waals surface area contributed by atoms with Crippen molar-refractivity contribution in [3.8, 4) is 0 Å². The smallest absolute Gasteiger partial charge is 0.411 e. The van der Waals surface area contributed by atoms with Crippen molar-refractivity contribution in [2.45, 2.75) is 65.8 Å². The third-order valence-electron chi connectivity index (χ3n) is 5.51. The average Bonchev–Trinajstić information content (AvgIpc) is 3.04. The second-order valence-electron chi connectivity index (χ2n) is 9.46. The predicted octanol–water partition coefficient (Wildman–Crippen LogP) is 3.29. The molecule has 0 radical (unpaired) electrons. The standard InChI is InChI=1S/C22H34N4O6/c1-9-31-20(27)18-15(22(4,5)6)17(26(29)30)16(25(18)21(28)32-13(2)3)14-11-10-12-23-19(14)24(7)8/h10-13,15-18H,9H2,1-8H3/t15-,16-,17-,18-/m0/s1. The largest absolute Gasteiger partial charge is 0.464 e. The summed E-state index contributed by atoms with van der Waals surface area (Å²) in [6.07, 6.45) is 0.307. The number of hydrogen-bond acceptors (Lipinski definition) is 8. The van der Waals surface area contributed by atoms with Crippen molar-refractivity contribution >= 4 is 17.9 Å². The molecule has 0 bridgehead atoms. The van der Waals surface area contributed by atoms with Crippen molar-refractivity contribution in [1.29, 1.82) is 0 Å². The van der Waals surface area contributed by atoms with Crippen LogP contribution in [0.3, 0.4) is 0 Å². The Morgan fingerprint density at radius 1 is 1.31 bits per heavy atom. The molecule has 1 aromatic heterocycles. The first-order valence-electron chi connectivity index (χ1n) is 10.7. The van der Waals surface area contributed by atoms with Crippen molar-refractivity contribution in [2.75, 3.05) is 25.6 Å². The molecular formula is C22H34N4O6. The molecule has 1 aliphatic heterocycles. The van der Waals surface area contributed by atoms with Crippen LogP contribution in [0.5, 0.6) is 0 Å². The molecule has 1 aliphatic rings. The first-order chi connectivity index (χ1) is 14.8. The van der Waals surface area contributed by atoms with Crippen LogP contribution in [-0.4, -0.2) is 65.8 Å². The number of amides is 1. The highest BCUT2D eigenvalue weighted by atomic mass is 16.6. The minimum atomic E-state index is -1.27. The number of carbonyl (C=O) groups excluding carboxylic acids is 2. The molecule has 2 heterocycles. The Kier molecular flexibility index (Phi) is 7.69. The van der Waals surface area contributed by atoms with E-state index in [1.54, 1.807) is 58.1 Å². The minimum absolute atomic E-state index is 0.0862. The number of rotatable bonds is 6. The van der Waals surface area contributed by atoms with Crippen LogP contribution < -0.4 is 4.90 Å². The Morgan fingerprint density at radius 3 is 2.41 bits per heavy atom. The third kappa shape index (κ3) is 4.94. The summed E-state index contributed by atoms with van der Waals surface area (Å²) in [5, 5.41) is 12.5. The van der Waals surface area contributed by atoms with Crippen molar-refractivity contribution in [3.05, 3.63) is 34.0 Å². The molecule has 0 saturated carbocycles. The highest BCUT2D eigenvalue weighted by Gasteiger charge is 2.65. The summed E-state index contributed by atoms with van der Waals surface area (Å²) >= 11 is 0. The van der Waals surface area contributed by atoms with E-state index in [9.17, 15) is 19.7 Å². The zero-order valence-electron chi connectivity index (χ0n) is 20.1. The van der Waals surface area contributed by atoms with Crippen molar-refractivity contribution in [3.63, 3.8) is 0 Å². The quantitative estimate of drug-likeness (QED) is 0.368. The summed E-state index contributed by atoms with van der Waals surface area (Å²) < 4.78 is 10.7. The van der Waals surface area contributed by atoms with E-state index in [0.29, 0.717) is 11.4 Å². The van der Waals surface area contributed by atoms with Crippen molar-refractivity contribution in [2.24, 2.45) is 11.3 Å². The second kappa shape index (κ2) is 9.70. The van der Waals surface area contributed by atoms with E-state index in [0.717, 1.165) is 0 Å². The van der Waals surface area contributed by atoms with Gasteiger partial charge in [0.25, 0.3) is 0 Å². The van der Waals surface area contributed by atoms with Crippen molar-refractivity contribution < 1.29 is 24.0 Å². The number of likely N-dealkylation sites (tertiary alicyclic amines) is 1. The Morgan fingerprint density at radius 2 is 1.94 bits per heavy atom. The first-order valence-corrected chi connectivity index (χ1v) is 10.7. The fourth-order valence-electron chi connectivity index (χ4n) is 4.45. The van der Waals surface area contributed by atoms with Crippen LogP contribution >= 0.6 is 0 Å². The van der Waals surface area contributed by atoms with Crippen LogP contribution in [0.15, 0.2) is 18.3 Å². The number of anilines is 1. The van der Waals surface area contributed by atoms with E-state index < -0.39 is 52.5 Å². The molecular weight excluding hydrogens is 416 g/mol. The summed E-state index contributed by atoms with van der Waals surface area (Å²) in [5.41, 5.74) is -0.221. The topological polar surface area (TPSA) is 115 Å². The average molecular weight is 451 g/mol. The number of pyridine rings is 1. The predicted molar refractivity (Wildman–Crippen MR) is 119 cm³/mol. The lowest BCUT2D eigenvalue weighted by Crippen LogP contribution is -2.48. The van der Waals surface area contributed by atoms with Gasteiger partial charge in [-0.1, -0.05) is 26.8 Å². The van der Waals surface area contributed by atoms with Crippen LogP contribution in [0.25, 0.3) is 0 Å². The van der Waals surface area contributed by atoms with E-state index in [1.165, 1.54) is 4.90 Å². The fraction of sp³-hybridized carbons (Fsp3) is 0.682. The molecule has 1 saturated heterocycles. The summed E-state index contributed by atoms with van der Waals surface area (Å²) in [4.78, 5) is 45.8. The van der Waals surface area contributed by atoms with Gasteiger partial charge < -0.3 is 14.4 Å². The molecule has 32 heavy (non-hydrogen) atoms. The number of hydrogen-bond donors (Lipinski definition) is 0. The maximum atomic E-state index is 13.3. The maximum absolute atomic E-state index is 13.3. The Balaban J connectivity index is 2.85. The molecule has 10 nitrogen and oxygen atoms in total. The van der Waals surface area contributed by atoms with Gasteiger partial charge in [0.05, 0.1) is 18.6 Å². The Labute approximate surface area is 189 Å². The molecule has 1 aromatic rings. The van der Waals surface area contributed by atoms with Crippen LogP contribution in [0.4, 0.5) is 10.6 Å². The lowest BCUT2D eigenvalue weighted by Gasteiger charge is -2.33. The molecule has 0 aromatic carbocycles. The first kappa shape index (κ1) is 25.4. The zero-order valence-corrected chi connectivity index (χ0v) is 20.1. The van der Waals surface area contributed by atoms with Gasteiger partial charge >= 0.3 is 12.1 Å². The molecule has 0 aliphatic carbocycles. The van der Waals surface area contributed by atoms with Gasteiger partial charge in [-0.3, -0.25) is 15.0 Å². The summed E-state index contributed by atoms with van der Waals surface area (Å²) in [6.45, 7) is 10.6. The van der Waals surface area contributed by atoms with Gasteiger partial charge in [0.2, 0.25) is 6.04 Å². The summed E-state index contributed by atoms with van der Waals surface area (Å²) in [5.74, 6) is -1.03. The molecule has 0 spiro atoms. The fourth-order valence-corrected chi connectivity index (χ4v) is 4.45. The minimum Gasteiger partial charge on any atom is -0.464 e. The second-order valence-corrected chi connectivity index (χ2v) is 9.46. The number of aromatic nitrogens is 1. The van der Waals surface area contributed by atoms with Gasteiger partial charge in [-0.25, -0.2) is 14.6 Å². The molecule has 2 rings (SSSR count). The Hall–Kier alpha value is -2.91. The maximum Gasteiger partial charge on any atom is 0.411 e. The van der Waals surface area contributed by atoms with Gasteiger partial charge in [0.15, 0.2) is 0 Å². The number of nitrogens with zero attached hydrogens (tertiary/aromatic N) is 4. The number of ether oxygens (including phenoxy) is 2. The van der Waals surface area contributed by atoms with E-state index in [-0.39, 0.29) is 6.61 Å². The summed E-state index contributed by atoms with van der Waals surface area (Å²) in [6, 6.07) is -0.161. The van der Waals surface area contributed by atoms with Crippen LogP contribution in [-0.2, 0) is 14.3 Å². The number of esters is 1. The van der Waals surface area contributed by atoms with Gasteiger partial charge in [-0.15, -0.1) is 0 Å². The van der Waals surface area contributed by atoms with Gasteiger partial charge in [-0.05, 0) is 32.3 Å². The van der Waals surface area contributed by atoms with Gasteiger partial charge in [0, 0.05) is 30.8 Å².